The van der Waals surface area contributed by atoms with Crippen LogP contribution in [0.3, 0.4) is 0 Å². The molecule has 0 amide bonds. The van der Waals surface area contributed by atoms with Crippen LogP contribution < -0.4 is 0 Å². The number of benzene rings is 1. The van der Waals surface area contributed by atoms with E-state index < -0.39 is 5.82 Å². The van der Waals surface area contributed by atoms with Crippen LogP contribution >= 0.6 is 22.9 Å². The maximum Gasteiger partial charge on any atom is 0.165 e. The van der Waals surface area contributed by atoms with Crippen molar-refractivity contribution in [2.45, 2.75) is 0 Å². The third kappa shape index (κ3) is 1.74. The van der Waals surface area contributed by atoms with Gasteiger partial charge in [-0.05, 0) is 35.9 Å². The lowest BCUT2D eigenvalue weighted by atomic mass is 10.2. The van der Waals surface area contributed by atoms with Gasteiger partial charge >= 0.3 is 0 Å². The number of aromatic hydroxyl groups is 1. The first kappa shape index (κ1) is 9.49. The quantitative estimate of drug-likeness (QED) is 0.785. The molecular formula is C10H6ClFOS. The van der Waals surface area contributed by atoms with Gasteiger partial charge in [0.1, 0.15) is 0 Å². The highest BCUT2D eigenvalue weighted by Crippen LogP contribution is 2.32. The Morgan fingerprint density at radius 2 is 2.00 bits per heavy atom. The first-order valence-corrected chi connectivity index (χ1v) is 5.10. The van der Waals surface area contributed by atoms with Crippen LogP contribution in [0.5, 0.6) is 5.75 Å². The molecule has 0 fully saturated rings. The molecule has 0 aliphatic rings. The summed E-state index contributed by atoms with van der Waals surface area (Å²) >= 11 is 7.13. The zero-order valence-corrected chi connectivity index (χ0v) is 8.57. The van der Waals surface area contributed by atoms with Crippen molar-refractivity contribution in [3.63, 3.8) is 0 Å². The van der Waals surface area contributed by atoms with Gasteiger partial charge in [0.25, 0.3) is 0 Å². The summed E-state index contributed by atoms with van der Waals surface area (Å²) in [5.41, 5.74) is 0.720. The largest absolute Gasteiger partial charge is 0.505 e. The predicted molar refractivity (Wildman–Crippen MR) is 56.4 cm³/mol. The van der Waals surface area contributed by atoms with Gasteiger partial charge in [-0.25, -0.2) is 4.39 Å². The van der Waals surface area contributed by atoms with Crippen LogP contribution in [-0.4, -0.2) is 5.11 Å². The zero-order valence-electron chi connectivity index (χ0n) is 7.00. The summed E-state index contributed by atoms with van der Waals surface area (Å²) in [7, 11) is 0. The van der Waals surface area contributed by atoms with Crippen molar-refractivity contribution < 1.29 is 9.50 Å². The molecule has 0 spiro atoms. The van der Waals surface area contributed by atoms with Crippen molar-refractivity contribution in [3.05, 3.63) is 40.5 Å². The smallest absolute Gasteiger partial charge is 0.165 e. The lowest BCUT2D eigenvalue weighted by molar-refractivity contribution is 0.432. The third-order valence-electron chi connectivity index (χ3n) is 1.81. The SMILES string of the molecule is Oc1ccc(-c2ccc(Cl)s2)cc1F. The second-order valence-electron chi connectivity index (χ2n) is 2.77. The van der Waals surface area contributed by atoms with E-state index in [1.54, 1.807) is 12.1 Å². The Hall–Kier alpha value is -1.06. The van der Waals surface area contributed by atoms with Crippen LogP contribution in [0.2, 0.25) is 4.34 Å². The van der Waals surface area contributed by atoms with E-state index in [2.05, 4.69) is 0 Å². The molecule has 0 atom stereocenters. The second kappa shape index (κ2) is 3.59. The van der Waals surface area contributed by atoms with E-state index in [1.807, 2.05) is 6.07 Å². The fourth-order valence-corrected chi connectivity index (χ4v) is 2.17. The molecule has 14 heavy (non-hydrogen) atoms. The summed E-state index contributed by atoms with van der Waals surface area (Å²) in [5, 5.41) is 9.00. The van der Waals surface area contributed by atoms with Gasteiger partial charge in [-0.15, -0.1) is 11.3 Å². The summed E-state index contributed by atoms with van der Waals surface area (Å²) in [5.74, 6) is -0.955. The molecule has 0 saturated carbocycles. The van der Waals surface area contributed by atoms with Crippen molar-refractivity contribution >= 4 is 22.9 Å². The molecule has 0 bridgehead atoms. The van der Waals surface area contributed by atoms with Crippen LogP contribution in [0.15, 0.2) is 30.3 Å². The fourth-order valence-electron chi connectivity index (χ4n) is 1.13. The van der Waals surface area contributed by atoms with Gasteiger partial charge in [-0.2, -0.15) is 0 Å². The minimum absolute atomic E-state index is 0.337. The molecule has 1 aromatic carbocycles. The van der Waals surface area contributed by atoms with Gasteiger partial charge in [0.15, 0.2) is 11.6 Å². The zero-order chi connectivity index (χ0) is 10.1. The minimum atomic E-state index is -0.618. The molecule has 0 aliphatic heterocycles. The Labute approximate surface area is 89.4 Å². The Balaban J connectivity index is 2.47. The normalized spacial score (nSPS) is 10.4. The van der Waals surface area contributed by atoms with E-state index in [1.165, 1.54) is 23.5 Å². The standard InChI is InChI=1S/C10H6ClFOS/c11-10-4-3-9(14-10)6-1-2-8(13)7(12)5-6/h1-5,13H. The van der Waals surface area contributed by atoms with Gasteiger partial charge in [0.05, 0.1) is 4.34 Å². The van der Waals surface area contributed by atoms with Crippen LogP contribution in [0.4, 0.5) is 4.39 Å². The number of phenolic OH excluding ortho intramolecular Hbond substituents is 1. The average molecular weight is 229 g/mol. The molecule has 2 rings (SSSR count). The monoisotopic (exact) mass is 228 g/mol. The van der Waals surface area contributed by atoms with E-state index in [0.29, 0.717) is 4.34 Å². The second-order valence-corrected chi connectivity index (χ2v) is 4.49. The van der Waals surface area contributed by atoms with Crippen LogP contribution in [0.1, 0.15) is 0 Å². The predicted octanol–water partition coefficient (Wildman–Crippen LogP) is 3.91. The van der Waals surface area contributed by atoms with E-state index >= 15 is 0 Å². The highest BCUT2D eigenvalue weighted by Gasteiger charge is 2.05. The van der Waals surface area contributed by atoms with Crippen molar-refractivity contribution in [2.75, 3.05) is 0 Å². The highest BCUT2D eigenvalue weighted by atomic mass is 35.5. The molecule has 2 aromatic rings. The van der Waals surface area contributed by atoms with Crippen molar-refractivity contribution in [1.29, 1.82) is 0 Å². The van der Waals surface area contributed by atoms with Crippen LogP contribution in [-0.2, 0) is 0 Å². The van der Waals surface area contributed by atoms with Crippen molar-refractivity contribution in [1.82, 2.24) is 0 Å². The maximum atomic E-state index is 13.0. The first-order valence-electron chi connectivity index (χ1n) is 3.91. The average Bonchev–Trinajstić information content (AvgIpc) is 2.57. The van der Waals surface area contributed by atoms with E-state index in [-0.39, 0.29) is 5.75 Å². The van der Waals surface area contributed by atoms with Gasteiger partial charge < -0.3 is 5.11 Å². The molecule has 1 heterocycles. The lowest BCUT2D eigenvalue weighted by Crippen LogP contribution is -1.77. The van der Waals surface area contributed by atoms with Gasteiger partial charge in [-0.1, -0.05) is 11.6 Å². The number of halogens is 2. The summed E-state index contributed by atoms with van der Waals surface area (Å²) in [6.07, 6.45) is 0. The van der Waals surface area contributed by atoms with E-state index in [4.69, 9.17) is 16.7 Å². The molecule has 0 aliphatic carbocycles. The molecule has 1 aromatic heterocycles. The fraction of sp³-hybridized carbons (Fsp3) is 0. The van der Waals surface area contributed by atoms with Crippen molar-refractivity contribution in [2.24, 2.45) is 0 Å². The lowest BCUT2D eigenvalue weighted by Gasteiger charge is -1.98. The van der Waals surface area contributed by atoms with Gasteiger partial charge in [0.2, 0.25) is 0 Å². The minimum Gasteiger partial charge on any atom is -0.505 e. The number of hydrogen-bond donors (Lipinski definition) is 1. The summed E-state index contributed by atoms with van der Waals surface area (Å²) in [4.78, 5) is 0.883. The Morgan fingerprint density at radius 3 is 2.57 bits per heavy atom. The molecule has 1 nitrogen and oxygen atoms in total. The molecule has 4 heteroatoms. The Kier molecular flexibility index (Phi) is 2.44. The summed E-state index contributed by atoms with van der Waals surface area (Å²) in [6, 6.07) is 7.85. The van der Waals surface area contributed by atoms with E-state index in [0.717, 1.165) is 10.4 Å². The summed E-state index contributed by atoms with van der Waals surface area (Å²) < 4.78 is 13.7. The molecule has 0 saturated heterocycles. The van der Waals surface area contributed by atoms with Gasteiger partial charge in [-0.3, -0.25) is 0 Å². The Morgan fingerprint density at radius 1 is 1.21 bits per heavy atom. The molecule has 1 N–H and O–H groups in total. The highest BCUT2D eigenvalue weighted by molar-refractivity contribution is 7.19. The topological polar surface area (TPSA) is 20.2 Å². The number of thiophene rings is 1. The van der Waals surface area contributed by atoms with E-state index in [9.17, 15) is 4.39 Å². The number of phenols is 1. The van der Waals surface area contributed by atoms with Crippen LogP contribution in [0, 0.1) is 5.82 Å². The third-order valence-corrected chi connectivity index (χ3v) is 3.09. The molecular weight excluding hydrogens is 223 g/mol. The van der Waals surface area contributed by atoms with Crippen LogP contribution in [0.25, 0.3) is 10.4 Å². The first-order chi connectivity index (χ1) is 6.66. The molecule has 72 valence electrons. The molecule has 0 unspecified atom stereocenters. The van der Waals surface area contributed by atoms with Crippen molar-refractivity contribution in [3.8, 4) is 16.2 Å². The number of hydrogen-bond acceptors (Lipinski definition) is 2. The molecule has 0 radical (unpaired) electrons. The van der Waals surface area contributed by atoms with Gasteiger partial charge in [0, 0.05) is 4.88 Å². The Bertz CT molecular complexity index is 467. The maximum absolute atomic E-state index is 13.0. The summed E-state index contributed by atoms with van der Waals surface area (Å²) in [6.45, 7) is 0. The number of rotatable bonds is 1.